The van der Waals surface area contributed by atoms with Crippen LogP contribution in [0.25, 0.3) is 0 Å². The molecule has 1 aromatic carbocycles. The summed E-state index contributed by atoms with van der Waals surface area (Å²) in [4.78, 5) is 10.6. The van der Waals surface area contributed by atoms with Crippen molar-refractivity contribution in [1.29, 1.82) is 0 Å². The van der Waals surface area contributed by atoms with Crippen LogP contribution in [0.5, 0.6) is 5.75 Å². The second kappa shape index (κ2) is 5.73. The van der Waals surface area contributed by atoms with E-state index in [4.69, 9.17) is 16.2 Å². The first-order valence-corrected chi connectivity index (χ1v) is 6.17. The van der Waals surface area contributed by atoms with Crippen LogP contribution < -0.4 is 21.5 Å². The van der Waals surface area contributed by atoms with Gasteiger partial charge in [0.2, 0.25) is 0 Å². The van der Waals surface area contributed by atoms with E-state index in [1.165, 1.54) is 0 Å². The van der Waals surface area contributed by atoms with Gasteiger partial charge in [-0.3, -0.25) is 4.79 Å². The summed E-state index contributed by atoms with van der Waals surface area (Å²) in [5.74, 6) is 0.166. The second-order valence-corrected chi connectivity index (χ2v) is 4.69. The van der Waals surface area contributed by atoms with Crippen molar-refractivity contribution in [2.24, 2.45) is 11.5 Å². The van der Waals surface area contributed by atoms with Crippen LogP contribution in [0.1, 0.15) is 19.3 Å². The highest BCUT2D eigenvalue weighted by atomic mass is 16.5. The van der Waals surface area contributed by atoms with E-state index in [0.717, 1.165) is 24.9 Å². The summed E-state index contributed by atoms with van der Waals surface area (Å²) in [5.41, 5.74) is 11.9. The SMILES string of the molecule is NC(=O)COc1ccc(NC2CCC(N)C2)cc1. The standard InChI is InChI=1S/C13H19N3O2/c14-9-1-2-11(7-9)16-10-3-5-12(6-4-10)18-8-13(15)17/h3-6,9,11,16H,1-2,7-8,14H2,(H2,15,17). The summed E-state index contributed by atoms with van der Waals surface area (Å²) in [5, 5.41) is 3.44. The summed E-state index contributed by atoms with van der Waals surface area (Å²) in [6, 6.07) is 8.28. The Bertz CT molecular complexity index is 405. The Kier molecular flexibility index (Phi) is 4.04. The van der Waals surface area contributed by atoms with Gasteiger partial charge >= 0.3 is 0 Å². The summed E-state index contributed by atoms with van der Waals surface area (Å²) >= 11 is 0. The Morgan fingerprint density at radius 1 is 1.33 bits per heavy atom. The minimum absolute atomic E-state index is 0.0930. The van der Waals surface area contributed by atoms with Gasteiger partial charge in [0.25, 0.3) is 5.91 Å². The topological polar surface area (TPSA) is 90.4 Å². The average Bonchev–Trinajstić information content (AvgIpc) is 2.74. The molecule has 0 aromatic heterocycles. The zero-order chi connectivity index (χ0) is 13.0. The monoisotopic (exact) mass is 249 g/mol. The first-order chi connectivity index (χ1) is 8.63. The Morgan fingerprint density at radius 2 is 2.06 bits per heavy atom. The third-order valence-corrected chi connectivity index (χ3v) is 3.08. The lowest BCUT2D eigenvalue weighted by molar-refractivity contribution is -0.119. The highest BCUT2D eigenvalue weighted by molar-refractivity contribution is 5.75. The van der Waals surface area contributed by atoms with E-state index in [0.29, 0.717) is 17.8 Å². The lowest BCUT2D eigenvalue weighted by Gasteiger charge is -2.14. The number of ether oxygens (including phenoxy) is 1. The number of amides is 1. The molecule has 2 rings (SSSR count). The molecule has 0 spiro atoms. The Balaban J connectivity index is 1.85. The van der Waals surface area contributed by atoms with Crippen molar-refractivity contribution in [3.8, 4) is 5.75 Å². The normalized spacial score (nSPS) is 22.7. The number of primary amides is 1. The highest BCUT2D eigenvalue weighted by Gasteiger charge is 2.21. The predicted molar refractivity (Wildman–Crippen MR) is 70.4 cm³/mol. The number of hydrogen-bond acceptors (Lipinski definition) is 4. The van der Waals surface area contributed by atoms with Crippen LogP contribution in [0.4, 0.5) is 5.69 Å². The quantitative estimate of drug-likeness (QED) is 0.721. The largest absolute Gasteiger partial charge is 0.484 e. The van der Waals surface area contributed by atoms with Crippen LogP contribution >= 0.6 is 0 Å². The molecule has 0 bridgehead atoms. The van der Waals surface area contributed by atoms with Gasteiger partial charge in [0, 0.05) is 17.8 Å². The molecule has 2 unspecified atom stereocenters. The van der Waals surface area contributed by atoms with Crippen molar-refractivity contribution in [2.45, 2.75) is 31.3 Å². The molecule has 5 nitrogen and oxygen atoms in total. The zero-order valence-electron chi connectivity index (χ0n) is 10.3. The third kappa shape index (κ3) is 3.63. The smallest absolute Gasteiger partial charge is 0.255 e. The fourth-order valence-electron chi connectivity index (χ4n) is 2.19. The lowest BCUT2D eigenvalue weighted by atomic mass is 10.2. The molecule has 1 aliphatic rings. The molecule has 5 N–H and O–H groups in total. The summed E-state index contributed by atoms with van der Waals surface area (Å²) < 4.78 is 5.19. The summed E-state index contributed by atoms with van der Waals surface area (Å²) in [6.45, 7) is -0.0930. The Labute approximate surface area is 106 Å². The number of nitrogens with one attached hydrogen (secondary N) is 1. The maximum Gasteiger partial charge on any atom is 0.255 e. The van der Waals surface area contributed by atoms with Crippen LogP contribution in [-0.4, -0.2) is 24.6 Å². The van der Waals surface area contributed by atoms with Crippen molar-refractivity contribution < 1.29 is 9.53 Å². The zero-order valence-corrected chi connectivity index (χ0v) is 10.3. The number of benzene rings is 1. The molecule has 0 radical (unpaired) electrons. The maximum atomic E-state index is 10.6. The Hall–Kier alpha value is -1.75. The van der Waals surface area contributed by atoms with Crippen molar-refractivity contribution >= 4 is 11.6 Å². The number of carbonyl (C=O) groups excluding carboxylic acids is 1. The van der Waals surface area contributed by atoms with E-state index < -0.39 is 5.91 Å². The van der Waals surface area contributed by atoms with Gasteiger partial charge in [0.1, 0.15) is 5.75 Å². The molecule has 1 fully saturated rings. The van der Waals surface area contributed by atoms with Gasteiger partial charge in [0.05, 0.1) is 0 Å². The summed E-state index contributed by atoms with van der Waals surface area (Å²) in [6.07, 6.45) is 3.21. The fourth-order valence-corrected chi connectivity index (χ4v) is 2.19. The molecule has 0 aliphatic heterocycles. The molecule has 1 amide bonds. The lowest BCUT2D eigenvalue weighted by Crippen LogP contribution is -2.21. The van der Waals surface area contributed by atoms with Crippen LogP contribution in [-0.2, 0) is 4.79 Å². The predicted octanol–water partition coefficient (Wildman–Crippen LogP) is 0.842. The van der Waals surface area contributed by atoms with Gasteiger partial charge < -0.3 is 21.5 Å². The molecule has 2 atom stereocenters. The van der Waals surface area contributed by atoms with E-state index in [9.17, 15) is 4.79 Å². The number of anilines is 1. The Morgan fingerprint density at radius 3 is 2.61 bits per heavy atom. The number of carbonyl (C=O) groups is 1. The molecule has 98 valence electrons. The molecule has 5 heteroatoms. The van der Waals surface area contributed by atoms with Crippen LogP contribution in [0, 0.1) is 0 Å². The first kappa shape index (κ1) is 12.7. The molecular formula is C13H19N3O2. The van der Waals surface area contributed by atoms with Crippen LogP contribution in [0.2, 0.25) is 0 Å². The highest BCUT2D eigenvalue weighted by Crippen LogP contribution is 2.23. The van der Waals surface area contributed by atoms with E-state index in [1.54, 1.807) is 0 Å². The van der Waals surface area contributed by atoms with E-state index in [1.807, 2.05) is 24.3 Å². The maximum absolute atomic E-state index is 10.6. The molecule has 1 aliphatic carbocycles. The molecule has 0 heterocycles. The van der Waals surface area contributed by atoms with E-state index in [-0.39, 0.29) is 6.61 Å². The van der Waals surface area contributed by atoms with Gasteiger partial charge in [-0.25, -0.2) is 0 Å². The van der Waals surface area contributed by atoms with E-state index >= 15 is 0 Å². The molecule has 1 aromatic rings. The van der Waals surface area contributed by atoms with Crippen molar-refractivity contribution in [3.05, 3.63) is 24.3 Å². The third-order valence-electron chi connectivity index (χ3n) is 3.08. The van der Waals surface area contributed by atoms with E-state index in [2.05, 4.69) is 5.32 Å². The van der Waals surface area contributed by atoms with Crippen LogP contribution in [0.3, 0.4) is 0 Å². The van der Waals surface area contributed by atoms with Gasteiger partial charge in [-0.15, -0.1) is 0 Å². The number of hydrogen-bond donors (Lipinski definition) is 3. The molecule has 18 heavy (non-hydrogen) atoms. The van der Waals surface area contributed by atoms with Crippen LogP contribution in [0.15, 0.2) is 24.3 Å². The number of nitrogens with two attached hydrogens (primary N) is 2. The number of rotatable bonds is 5. The fraction of sp³-hybridized carbons (Fsp3) is 0.462. The van der Waals surface area contributed by atoms with Gasteiger partial charge in [-0.2, -0.15) is 0 Å². The second-order valence-electron chi connectivity index (χ2n) is 4.69. The minimum Gasteiger partial charge on any atom is -0.484 e. The van der Waals surface area contributed by atoms with Crippen molar-refractivity contribution in [3.63, 3.8) is 0 Å². The molecular weight excluding hydrogens is 230 g/mol. The van der Waals surface area contributed by atoms with Crippen molar-refractivity contribution in [1.82, 2.24) is 0 Å². The summed E-state index contributed by atoms with van der Waals surface area (Å²) in [7, 11) is 0. The van der Waals surface area contributed by atoms with Gasteiger partial charge in [0.15, 0.2) is 6.61 Å². The molecule has 0 saturated heterocycles. The van der Waals surface area contributed by atoms with Crippen molar-refractivity contribution in [2.75, 3.05) is 11.9 Å². The van der Waals surface area contributed by atoms with Gasteiger partial charge in [-0.05, 0) is 43.5 Å². The molecule has 1 saturated carbocycles. The first-order valence-electron chi connectivity index (χ1n) is 6.17. The average molecular weight is 249 g/mol. The van der Waals surface area contributed by atoms with Gasteiger partial charge in [-0.1, -0.05) is 0 Å². The minimum atomic E-state index is -0.475.